The van der Waals surface area contributed by atoms with E-state index in [2.05, 4.69) is 5.32 Å². The molecule has 1 fully saturated rings. The molecule has 0 bridgehead atoms. The summed E-state index contributed by atoms with van der Waals surface area (Å²) in [6, 6.07) is 10.3. The molecule has 0 aliphatic carbocycles. The van der Waals surface area contributed by atoms with Crippen LogP contribution in [0.4, 0.5) is 5.69 Å². The molecule has 0 spiro atoms. The number of amides is 1. The van der Waals surface area contributed by atoms with Crippen molar-refractivity contribution >= 4 is 27.7 Å². The normalized spacial score (nSPS) is 15.1. The van der Waals surface area contributed by atoms with E-state index in [0.29, 0.717) is 35.8 Å². The van der Waals surface area contributed by atoms with Crippen LogP contribution in [0.3, 0.4) is 0 Å². The second kappa shape index (κ2) is 9.98. The minimum Gasteiger partial charge on any atom is -0.493 e. The molecular weight excluding hydrogens is 416 g/mol. The largest absolute Gasteiger partial charge is 0.493 e. The molecule has 166 valence electrons. The molecule has 0 aromatic heterocycles. The van der Waals surface area contributed by atoms with Gasteiger partial charge in [0.1, 0.15) is 0 Å². The topological polar surface area (TPSA) is 84.9 Å². The standard InChI is InChI=1S/C23H28N2O5S/c1-17-7-10-19(16-22(17)31(27,28)25-13-5-4-6-14-25)24-23(26)12-9-18-8-11-20(29-2)21(15-18)30-3/h7-12,15-16H,4-6,13-14H2,1-3H3,(H,24,26). The number of nitrogens with one attached hydrogen (secondary N) is 1. The number of methoxy groups -OCH3 is 2. The molecule has 31 heavy (non-hydrogen) atoms. The van der Waals surface area contributed by atoms with E-state index in [1.54, 1.807) is 57.6 Å². The molecule has 1 N–H and O–H groups in total. The summed E-state index contributed by atoms with van der Waals surface area (Å²) in [5.74, 6) is 0.808. The van der Waals surface area contributed by atoms with Gasteiger partial charge in [-0.15, -0.1) is 0 Å². The monoisotopic (exact) mass is 444 g/mol. The van der Waals surface area contributed by atoms with Gasteiger partial charge in [0.2, 0.25) is 15.9 Å². The van der Waals surface area contributed by atoms with E-state index in [1.807, 2.05) is 0 Å². The predicted molar refractivity (Wildman–Crippen MR) is 121 cm³/mol. The van der Waals surface area contributed by atoms with Gasteiger partial charge in [0.25, 0.3) is 0 Å². The van der Waals surface area contributed by atoms with Gasteiger partial charge in [-0.1, -0.05) is 18.6 Å². The summed E-state index contributed by atoms with van der Waals surface area (Å²) in [7, 11) is -0.478. The van der Waals surface area contributed by atoms with Crippen LogP contribution in [0.15, 0.2) is 47.4 Å². The van der Waals surface area contributed by atoms with Crippen LogP contribution in [0, 0.1) is 6.92 Å². The molecule has 8 heteroatoms. The number of rotatable bonds is 7. The third kappa shape index (κ3) is 5.45. The first kappa shape index (κ1) is 22.8. The highest BCUT2D eigenvalue weighted by atomic mass is 32.2. The van der Waals surface area contributed by atoms with E-state index >= 15 is 0 Å². The van der Waals surface area contributed by atoms with Gasteiger partial charge in [-0.25, -0.2) is 8.42 Å². The first-order valence-corrected chi connectivity index (χ1v) is 11.6. The molecule has 3 rings (SSSR count). The zero-order valence-corrected chi connectivity index (χ0v) is 18.9. The van der Waals surface area contributed by atoms with Crippen LogP contribution in [0.1, 0.15) is 30.4 Å². The molecule has 2 aromatic carbocycles. The number of piperidine rings is 1. The van der Waals surface area contributed by atoms with Gasteiger partial charge >= 0.3 is 0 Å². The van der Waals surface area contributed by atoms with Gasteiger partial charge < -0.3 is 14.8 Å². The van der Waals surface area contributed by atoms with Gasteiger partial charge in [0.05, 0.1) is 19.1 Å². The molecule has 1 aliphatic heterocycles. The lowest BCUT2D eigenvalue weighted by molar-refractivity contribution is -0.111. The first-order chi connectivity index (χ1) is 14.8. The number of aryl methyl sites for hydroxylation is 1. The molecule has 1 heterocycles. The van der Waals surface area contributed by atoms with Crippen molar-refractivity contribution in [2.75, 3.05) is 32.6 Å². The molecule has 0 saturated carbocycles. The summed E-state index contributed by atoms with van der Waals surface area (Å²) in [5.41, 5.74) is 1.86. The van der Waals surface area contributed by atoms with E-state index in [9.17, 15) is 13.2 Å². The minimum atomic E-state index is -3.58. The Labute approximate surface area is 183 Å². The Balaban J connectivity index is 1.75. The summed E-state index contributed by atoms with van der Waals surface area (Å²) in [6.07, 6.45) is 5.83. The summed E-state index contributed by atoms with van der Waals surface area (Å²) in [5, 5.41) is 2.74. The average Bonchev–Trinajstić information content (AvgIpc) is 2.79. The van der Waals surface area contributed by atoms with Crippen molar-refractivity contribution in [2.45, 2.75) is 31.1 Å². The van der Waals surface area contributed by atoms with Crippen molar-refractivity contribution in [3.63, 3.8) is 0 Å². The Kier molecular flexibility index (Phi) is 7.35. The van der Waals surface area contributed by atoms with Crippen LogP contribution in [-0.2, 0) is 14.8 Å². The van der Waals surface area contributed by atoms with Gasteiger partial charge in [-0.2, -0.15) is 4.31 Å². The maximum atomic E-state index is 13.0. The highest BCUT2D eigenvalue weighted by Gasteiger charge is 2.27. The molecular formula is C23H28N2O5S. The highest BCUT2D eigenvalue weighted by molar-refractivity contribution is 7.89. The van der Waals surface area contributed by atoms with Crippen molar-refractivity contribution in [2.24, 2.45) is 0 Å². The van der Waals surface area contributed by atoms with Crippen LogP contribution < -0.4 is 14.8 Å². The predicted octanol–water partition coefficient (Wildman–Crippen LogP) is 3.84. The van der Waals surface area contributed by atoms with E-state index < -0.39 is 10.0 Å². The average molecular weight is 445 g/mol. The van der Waals surface area contributed by atoms with Crippen molar-refractivity contribution in [1.82, 2.24) is 4.31 Å². The summed E-state index contributed by atoms with van der Waals surface area (Å²) >= 11 is 0. The fourth-order valence-electron chi connectivity index (χ4n) is 3.51. The molecule has 1 amide bonds. The van der Waals surface area contributed by atoms with Crippen molar-refractivity contribution in [3.8, 4) is 11.5 Å². The number of carbonyl (C=O) groups excluding carboxylic acids is 1. The summed E-state index contributed by atoms with van der Waals surface area (Å²) in [6.45, 7) is 2.83. The fraction of sp³-hybridized carbons (Fsp3) is 0.348. The molecule has 1 saturated heterocycles. The van der Waals surface area contributed by atoms with Crippen molar-refractivity contribution in [1.29, 1.82) is 0 Å². The molecule has 0 unspecified atom stereocenters. The second-order valence-corrected chi connectivity index (χ2v) is 9.29. The number of hydrogen-bond acceptors (Lipinski definition) is 5. The first-order valence-electron chi connectivity index (χ1n) is 10.2. The van der Waals surface area contributed by atoms with Crippen molar-refractivity contribution < 1.29 is 22.7 Å². The van der Waals surface area contributed by atoms with Crippen LogP contribution in [-0.4, -0.2) is 45.9 Å². The number of ether oxygens (including phenoxy) is 2. The third-order valence-electron chi connectivity index (χ3n) is 5.22. The minimum absolute atomic E-state index is 0.232. The lowest BCUT2D eigenvalue weighted by Gasteiger charge is -2.26. The molecule has 1 aliphatic rings. The third-order valence-corrected chi connectivity index (χ3v) is 7.26. The van der Waals surface area contributed by atoms with E-state index in [0.717, 1.165) is 24.8 Å². The van der Waals surface area contributed by atoms with E-state index in [-0.39, 0.29) is 10.8 Å². The molecule has 0 atom stereocenters. The lowest BCUT2D eigenvalue weighted by Crippen LogP contribution is -2.36. The lowest BCUT2D eigenvalue weighted by atomic mass is 10.2. The smallest absolute Gasteiger partial charge is 0.248 e. The fourth-order valence-corrected chi connectivity index (χ4v) is 5.28. The van der Waals surface area contributed by atoms with Crippen LogP contribution >= 0.6 is 0 Å². The van der Waals surface area contributed by atoms with Crippen LogP contribution in [0.25, 0.3) is 6.08 Å². The number of sulfonamides is 1. The quantitative estimate of drug-likeness (QED) is 0.656. The number of anilines is 1. The van der Waals surface area contributed by atoms with Gasteiger partial charge in [0, 0.05) is 24.9 Å². The number of nitrogens with zero attached hydrogens (tertiary/aromatic N) is 1. The zero-order chi connectivity index (χ0) is 22.4. The Morgan fingerprint density at radius 1 is 1.00 bits per heavy atom. The number of hydrogen-bond donors (Lipinski definition) is 1. The molecule has 0 radical (unpaired) electrons. The second-order valence-electron chi connectivity index (χ2n) is 7.38. The highest BCUT2D eigenvalue weighted by Crippen LogP contribution is 2.28. The molecule has 2 aromatic rings. The maximum Gasteiger partial charge on any atom is 0.248 e. The Bertz CT molecular complexity index is 1070. The van der Waals surface area contributed by atoms with E-state index in [1.165, 1.54) is 16.4 Å². The van der Waals surface area contributed by atoms with Crippen LogP contribution in [0.5, 0.6) is 11.5 Å². The zero-order valence-electron chi connectivity index (χ0n) is 18.1. The van der Waals surface area contributed by atoms with Gasteiger partial charge in [-0.3, -0.25) is 4.79 Å². The van der Waals surface area contributed by atoms with Crippen molar-refractivity contribution in [3.05, 3.63) is 53.6 Å². The Hall–Kier alpha value is -2.84. The summed E-state index contributed by atoms with van der Waals surface area (Å²) < 4.78 is 38.1. The Morgan fingerprint density at radius 2 is 1.71 bits per heavy atom. The van der Waals surface area contributed by atoms with Crippen LogP contribution in [0.2, 0.25) is 0 Å². The van der Waals surface area contributed by atoms with E-state index in [4.69, 9.17) is 9.47 Å². The summed E-state index contributed by atoms with van der Waals surface area (Å²) in [4.78, 5) is 12.6. The van der Waals surface area contributed by atoms with Gasteiger partial charge in [0.15, 0.2) is 11.5 Å². The Morgan fingerprint density at radius 3 is 2.39 bits per heavy atom. The molecule has 7 nitrogen and oxygen atoms in total. The number of benzene rings is 2. The number of carbonyl (C=O) groups is 1. The maximum absolute atomic E-state index is 13.0. The van der Waals surface area contributed by atoms with Gasteiger partial charge in [-0.05, 0) is 61.2 Å². The SMILES string of the molecule is COc1ccc(C=CC(=O)Nc2ccc(C)c(S(=O)(=O)N3CCCCC3)c2)cc1OC.